The molecule has 0 unspecified atom stereocenters. The van der Waals surface area contributed by atoms with Crippen LogP contribution in [0.1, 0.15) is 41.5 Å². The molecule has 0 spiro atoms. The first-order chi connectivity index (χ1) is 13.6. The van der Waals surface area contributed by atoms with Gasteiger partial charge in [-0.15, -0.1) is 0 Å². The summed E-state index contributed by atoms with van der Waals surface area (Å²) in [6.07, 6.45) is 4.37. The van der Waals surface area contributed by atoms with Gasteiger partial charge in [0, 0.05) is 24.2 Å². The van der Waals surface area contributed by atoms with E-state index < -0.39 is 0 Å². The number of oxazole rings is 1. The van der Waals surface area contributed by atoms with Gasteiger partial charge in [0.05, 0.1) is 12.3 Å². The summed E-state index contributed by atoms with van der Waals surface area (Å²) in [5.74, 6) is 2.50. The van der Waals surface area contributed by atoms with Gasteiger partial charge in [0.15, 0.2) is 0 Å². The van der Waals surface area contributed by atoms with Crippen molar-refractivity contribution in [2.75, 3.05) is 18.5 Å². The Bertz CT molecular complexity index is 975. The molecule has 0 amide bonds. The number of nitrogens with zero attached hydrogens (tertiary/aromatic N) is 1. The van der Waals surface area contributed by atoms with Gasteiger partial charge in [-0.05, 0) is 87.1 Å². The lowest BCUT2D eigenvalue weighted by Gasteiger charge is -2.07. The van der Waals surface area contributed by atoms with Crippen LogP contribution in [0, 0.1) is 13.8 Å². The van der Waals surface area contributed by atoms with Crippen molar-refractivity contribution in [3.8, 4) is 17.2 Å². The molecule has 0 atom stereocenters. The first-order valence-corrected chi connectivity index (χ1v) is 10.2. The largest absolute Gasteiger partial charge is 0.493 e. The quantitative estimate of drug-likeness (QED) is 0.591. The van der Waals surface area contributed by atoms with Gasteiger partial charge < -0.3 is 14.5 Å². The molecule has 1 N–H and O–H groups in total. The van der Waals surface area contributed by atoms with E-state index in [0.29, 0.717) is 12.5 Å². The third-order valence-electron chi connectivity index (χ3n) is 5.41. The van der Waals surface area contributed by atoms with Gasteiger partial charge in [0.25, 0.3) is 0 Å². The van der Waals surface area contributed by atoms with E-state index in [1.807, 2.05) is 6.92 Å². The monoisotopic (exact) mass is 376 g/mol. The van der Waals surface area contributed by atoms with Gasteiger partial charge in [-0.25, -0.2) is 4.98 Å². The predicted molar refractivity (Wildman–Crippen MR) is 113 cm³/mol. The third-order valence-corrected chi connectivity index (χ3v) is 5.41. The molecule has 146 valence electrons. The van der Waals surface area contributed by atoms with E-state index in [2.05, 4.69) is 55.6 Å². The van der Waals surface area contributed by atoms with Crippen LogP contribution in [0.5, 0.6) is 5.75 Å². The summed E-state index contributed by atoms with van der Waals surface area (Å²) in [4.78, 5) is 4.74. The second-order valence-corrected chi connectivity index (χ2v) is 7.46. The number of nitrogens with one attached hydrogen (secondary N) is 1. The van der Waals surface area contributed by atoms with E-state index in [0.717, 1.165) is 47.0 Å². The Morgan fingerprint density at radius 2 is 1.93 bits per heavy atom. The summed E-state index contributed by atoms with van der Waals surface area (Å²) in [5.41, 5.74) is 7.19. The fourth-order valence-electron chi connectivity index (χ4n) is 3.90. The average molecular weight is 377 g/mol. The fraction of sp³-hybridized carbons (Fsp3) is 0.375. The number of hydrogen-bond acceptors (Lipinski definition) is 4. The Balaban J connectivity index is 1.42. The highest BCUT2D eigenvalue weighted by Crippen LogP contribution is 2.28. The SMILES string of the molecule is CCNc1ccc(-c2nc(CCOc3ccc4c(c3)CCC4)c(C)o2)c(C)c1. The number of rotatable bonds is 7. The number of aromatic nitrogens is 1. The molecule has 1 heterocycles. The molecule has 1 aliphatic rings. The van der Waals surface area contributed by atoms with E-state index in [1.54, 1.807) is 0 Å². The maximum atomic E-state index is 5.98. The molecule has 1 aliphatic carbocycles. The smallest absolute Gasteiger partial charge is 0.226 e. The maximum absolute atomic E-state index is 5.98. The van der Waals surface area contributed by atoms with Crippen molar-refractivity contribution in [1.29, 1.82) is 0 Å². The lowest BCUT2D eigenvalue weighted by Crippen LogP contribution is -2.03. The van der Waals surface area contributed by atoms with Crippen LogP contribution in [-0.2, 0) is 19.3 Å². The van der Waals surface area contributed by atoms with E-state index in [1.165, 1.54) is 30.4 Å². The lowest BCUT2D eigenvalue weighted by molar-refractivity contribution is 0.319. The van der Waals surface area contributed by atoms with Crippen LogP contribution in [-0.4, -0.2) is 18.1 Å². The van der Waals surface area contributed by atoms with Crippen molar-refractivity contribution in [2.24, 2.45) is 0 Å². The summed E-state index contributed by atoms with van der Waals surface area (Å²) >= 11 is 0. The predicted octanol–water partition coefficient (Wildman–Crippen LogP) is 5.50. The van der Waals surface area contributed by atoms with E-state index in [4.69, 9.17) is 14.1 Å². The third kappa shape index (κ3) is 3.91. The number of ether oxygens (including phenoxy) is 1. The van der Waals surface area contributed by atoms with Crippen molar-refractivity contribution < 1.29 is 9.15 Å². The van der Waals surface area contributed by atoms with E-state index in [-0.39, 0.29) is 0 Å². The number of anilines is 1. The molecule has 0 fully saturated rings. The summed E-state index contributed by atoms with van der Waals surface area (Å²) in [6.45, 7) is 7.67. The Morgan fingerprint density at radius 3 is 2.75 bits per heavy atom. The molecule has 2 aromatic carbocycles. The number of aryl methyl sites for hydroxylation is 4. The normalized spacial score (nSPS) is 12.8. The van der Waals surface area contributed by atoms with Gasteiger partial charge >= 0.3 is 0 Å². The summed E-state index contributed by atoms with van der Waals surface area (Å²) in [7, 11) is 0. The van der Waals surface area contributed by atoms with Crippen LogP contribution in [0.3, 0.4) is 0 Å². The van der Waals surface area contributed by atoms with Gasteiger partial charge in [0.2, 0.25) is 5.89 Å². The second kappa shape index (κ2) is 8.09. The molecule has 1 aromatic heterocycles. The summed E-state index contributed by atoms with van der Waals surface area (Å²) in [6, 6.07) is 12.8. The Kier molecular flexibility index (Phi) is 5.38. The highest BCUT2D eigenvalue weighted by molar-refractivity contribution is 5.64. The molecular formula is C24H28N2O2. The molecule has 0 aliphatic heterocycles. The lowest BCUT2D eigenvalue weighted by atomic mass is 10.1. The van der Waals surface area contributed by atoms with Crippen LogP contribution in [0.25, 0.3) is 11.5 Å². The average Bonchev–Trinajstić information content (AvgIpc) is 3.28. The van der Waals surface area contributed by atoms with Crippen molar-refractivity contribution in [3.63, 3.8) is 0 Å². The van der Waals surface area contributed by atoms with Crippen LogP contribution in [0.2, 0.25) is 0 Å². The minimum absolute atomic E-state index is 0.601. The number of benzene rings is 2. The maximum Gasteiger partial charge on any atom is 0.226 e. The Morgan fingerprint density at radius 1 is 1.07 bits per heavy atom. The van der Waals surface area contributed by atoms with Crippen molar-refractivity contribution >= 4 is 5.69 Å². The minimum Gasteiger partial charge on any atom is -0.493 e. The van der Waals surface area contributed by atoms with Gasteiger partial charge in [-0.1, -0.05) is 6.07 Å². The van der Waals surface area contributed by atoms with Crippen LogP contribution in [0.15, 0.2) is 40.8 Å². The number of hydrogen-bond donors (Lipinski definition) is 1. The zero-order valence-electron chi connectivity index (χ0n) is 17.0. The van der Waals surface area contributed by atoms with Gasteiger partial charge in [-0.3, -0.25) is 0 Å². The van der Waals surface area contributed by atoms with Gasteiger partial charge in [0.1, 0.15) is 11.5 Å². The zero-order valence-corrected chi connectivity index (χ0v) is 17.0. The van der Waals surface area contributed by atoms with E-state index >= 15 is 0 Å². The van der Waals surface area contributed by atoms with E-state index in [9.17, 15) is 0 Å². The number of fused-ring (bicyclic) bond motifs is 1. The summed E-state index contributed by atoms with van der Waals surface area (Å²) in [5, 5.41) is 3.33. The molecule has 28 heavy (non-hydrogen) atoms. The minimum atomic E-state index is 0.601. The molecule has 0 saturated heterocycles. The zero-order chi connectivity index (χ0) is 19.5. The first-order valence-electron chi connectivity index (χ1n) is 10.2. The van der Waals surface area contributed by atoms with Crippen LogP contribution < -0.4 is 10.1 Å². The molecule has 4 nitrogen and oxygen atoms in total. The molecular weight excluding hydrogens is 348 g/mol. The molecule has 0 radical (unpaired) electrons. The molecule has 4 heteroatoms. The van der Waals surface area contributed by atoms with Gasteiger partial charge in [-0.2, -0.15) is 0 Å². The van der Waals surface area contributed by atoms with Crippen LogP contribution in [0.4, 0.5) is 5.69 Å². The summed E-state index contributed by atoms with van der Waals surface area (Å²) < 4.78 is 11.9. The van der Waals surface area contributed by atoms with Crippen molar-refractivity contribution in [1.82, 2.24) is 4.98 Å². The highest BCUT2D eigenvalue weighted by atomic mass is 16.5. The Hall–Kier alpha value is -2.75. The van der Waals surface area contributed by atoms with Crippen LogP contribution >= 0.6 is 0 Å². The molecule has 0 bridgehead atoms. The topological polar surface area (TPSA) is 47.3 Å². The fourth-order valence-corrected chi connectivity index (χ4v) is 3.90. The van der Waals surface area contributed by atoms with Crippen molar-refractivity contribution in [2.45, 2.75) is 46.5 Å². The molecule has 3 aromatic rings. The van der Waals surface area contributed by atoms with Crippen molar-refractivity contribution in [3.05, 3.63) is 64.5 Å². The first kappa shape index (κ1) is 18.6. The Labute approximate surface area is 167 Å². The molecule has 0 saturated carbocycles. The highest BCUT2D eigenvalue weighted by Gasteiger charge is 2.15. The molecule has 4 rings (SSSR count). The standard InChI is InChI=1S/C24H28N2O2/c1-4-25-20-9-11-22(16(2)14-20)24-26-23(17(3)28-24)12-13-27-21-10-8-18-6-5-7-19(18)15-21/h8-11,14-15,25H,4-7,12-13H2,1-3H3. The second-order valence-electron chi connectivity index (χ2n) is 7.46.